The number of carboxylic acid groups (broad SMARTS) is 1. The monoisotopic (exact) mass is 307 g/mol. The van der Waals surface area contributed by atoms with Gasteiger partial charge < -0.3 is 5.11 Å². The number of carbonyl (C=O) groups is 3. The number of carboxylic acids is 1. The minimum atomic E-state index is -1.02. The van der Waals surface area contributed by atoms with E-state index in [9.17, 15) is 14.4 Å². The Morgan fingerprint density at radius 3 is 2.52 bits per heavy atom. The van der Waals surface area contributed by atoms with Crippen LogP contribution in [0.4, 0.5) is 5.00 Å². The highest BCUT2D eigenvalue weighted by molar-refractivity contribution is 7.18. The largest absolute Gasteiger partial charge is 0.477 e. The Morgan fingerprint density at radius 1 is 1.29 bits per heavy atom. The molecule has 6 heteroatoms. The molecule has 0 atom stereocenters. The summed E-state index contributed by atoms with van der Waals surface area (Å²) >= 11 is 1.00. The number of aromatic carboxylic acids is 1. The topological polar surface area (TPSA) is 74.7 Å². The number of hydrogen-bond donors (Lipinski definition) is 1. The fourth-order valence-corrected chi connectivity index (χ4v) is 4.45. The van der Waals surface area contributed by atoms with E-state index in [-0.39, 0.29) is 23.1 Å². The van der Waals surface area contributed by atoms with Gasteiger partial charge in [0.25, 0.3) is 0 Å². The van der Waals surface area contributed by atoms with Crippen molar-refractivity contribution in [2.24, 2.45) is 5.41 Å². The summed E-state index contributed by atoms with van der Waals surface area (Å²) in [5, 5.41) is 9.56. The summed E-state index contributed by atoms with van der Waals surface area (Å²) in [6.07, 6.45) is 4.89. The van der Waals surface area contributed by atoms with Gasteiger partial charge in [0.1, 0.15) is 9.88 Å². The zero-order valence-corrected chi connectivity index (χ0v) is 12.7. The molecule has 0 unspecified atom stereocenters. The first-order valence-corrected chi connectivity index (χ1v) is 7.97. The summed E-state index contributed by atoms with van der Waals surface area (Å²) in [6, 6.07) is 1.63. The molecular weight excluding hydrogens is 290 g/mol. The maximum absolute atomic E-state index is 12.7. The second kappa shape index (κ2) is 4.94. The van der Waals surface area contributed by atoms with Crippen LogP contribution in [0.5, 0.6) is 0 Å². The fourth-order valence-electron chi connectivity index (χ4n) is 3.42. The van der Waals surface area contributed by atoms with E-state index in [2.05, 4.69) is 0 Å². The third-order valence-electron chi connectivity index (χ3n) is 4.53. The van der Waals surface area contributed by atoms with Gasteiger partial charge in [-0.05, 0) is 31.4 Å². The van der Waals surface area contributed by atoms with Crippen molar-refractivity contribution >= 4 is 34.1 Å². The van der Waals surface area contributed by atoms with Crippen LogP contribution in [0.15, 0.2) is 6.07 Å². The second-order valence-corrected chi connectivity index (χ2v) is 6.98. The maximum atomic E-state index is 12.7. The Labute approximate surface area is 126 Å². The van der Waals surface area contributed by atoms with Crippen molar-refractivity contribution in [2.45, 2.75) is 45.4 Å². The molecule has 2 aliphatic rings. The summed E-state index contributed by atoms with van der Waals surface area (Å²) in [5.74, 6) is -1.35. The van der Waals surface area contributed by atoms with Crippen molar-refractivity contribution in [2.75, 3.05) is 4.90 Å². The van der Waals surface area contributed by atoms with Crippen LogP contribution in [0.25, 0.3) is 0 Å². The third kappa shape index (κ3) is 2.18. The van der Waals surface area contributed by atoms with Gasteiger partial charge in [0.2, 0.25) is 11.8 Å². The van der Waals surface area contributed by atoms with E-state index in [4.69, 9.17) is 5.11 Å². The van der Waals surface area contributed by atoms with Crippen LogP contribution in [-0.4, -0.2) is 22.9 Å². The van der Waals surface area contributed by atoms with Crippen LogP contribution < -0.4 is 4.90 Å². The van der Waals surface area contributed by atoms with Crippen LogP contribution >= 0.6 is 11.3 Å². The first kappa shape index (κ1) is 14.3. The Kier molecular flexibility index (Phi) is 3.36. The molecule has 1 aromatic heterocycles. The molecule has 1 aromatic rings. The van der Waals surface area contributed by atoms with E-state index in [0.29, 0.717) is 10.6 Å². The summed E-state index contributed by atoms with van der Waals surface area (Å²) in [7, 11) is 0. The first-order valence-electron chi connectivity index (χ1n) is 7.16. The lowest BCUT2D eigenvalue weighted by atomic mass is 9.73. The highest BCUT2D eigenvalue weighted by atomic mass is 32.1. The number of imide groups is 1. The molecule has 2 heterocycles. The van der Waals surface area contributed by atoms with Crippen LogP contribution in [0.2, 0.25) is 0 Å². The van der Waals surface area contributed by atoms with Gasteiger partial charge in [-0.1, -0.05) is 19.3 Å². The van der Waals surface area contributed by atoms with Gasteiger partial charge in [-0.3, -0.25) is 9.59 Å². The van der Waals surface area contributed by atoms with Gasteiger partial charge >= 0.3 is 5.97 Å². The molecule has 1 N–H and O–H groups in total. The summed E-state index contributed by atoms with van der Waals surface area (Å²) in [6.45, 7) is 1.69. The zero-order valence-electron chi connectivity index (χ0n) is 11.8. The average molecular weight is 307 g/mol. The Bertz CT molecular complexity index is 628. The number of hydrogen-bond acceptors (Lipinski definition) is 4. The molecule has 1 spiro atoms. The van der Waals surface area contributed by atoms with E-state index >= 15 is 0 Å². The predicted molar refractivity (Wildman–Crippen MR) is 78.6 cm³/mol. The number of carbonyl (C=O) groups excluding carboxylic acids is 2. The quantitative estimate of drug-likeness (QED) is 0.852. The van der Waals surface area contributed by atoms with Gasteiger partial charge in [0, 0.05) is 6.42 Å². The van der Waals surface area contributed by atoms with Crippen molar-refractivity contribution in [1.82, 2.24) is 0 Å². The molecule has 1 saturated carbocycles. The lowest BCUT2D eigenvalue weighted by Crippen LogP contribution is -2.36. The van der Waals surface area contributed by atoms with E-state index in [1.54, 1.807) is 13.0 Å². The van der Waals surface area contributed by atoms with Crippen LogP contribution in [0, 0.1) is 12.3 Å². The van der Waals surface area contributed by atoms with Gasteiger partial charge in [-0.25, -0.2) is 9.69 Å². The summed E-state index contributed by atoms with van der Waals surface area (Å²) in [4.78, 5) is 37.6. The minimum Gasteiger partial charge on any atom is -0.477 e. The van der Waals surface area contributed by atoms with Gasteiger partial charge in [0.05, 0.1) is 5.41 Å². The normalized spacial score (nSPS) is 21.3. The van der Waals surface area contributed by atoms with Crippen molar-refractivity contribution < 1.29 is 19.5 Å². The molecule has 2 fully saturated rings. The van der Waals surface area contributed by atoms with Crippen LogP contribution in [-0.2, 0) is 9.59 Å². The van der Waals surface area contributed by atoms with Crippen molar-refractivity contribution in [3.05, 3.63) is 16.5 Å². The molecule has 21 heavy (non-hydrogen) atoms. The SMILES string of the molecule is Cc1cc(N2C(=O)CC3(CCCCC3)C2=O)sc1C(=O)O. The number of amides is 2. The Balaban J connectivity index is 1.95. The van der Waals surface area contributed by atoms with E-state index in [1.807, 2.05) is 0 Å². The van der Waals surface area contributed by atoms with Crippen molar-refractivity contribution in [3.63, 3.8) is 0 Å². The molecule has 0 bridgehead atoms. The Hall–Kier alpha value is -1.69. The average Bonchev–Trinajstić information content (AvgIpc) is 2.91. The fraction of sp³-hybridized carbons (Fsp3) is 0.533. The first-order chi connectivity index (χ1) is 9.94. The van der Waals surface area contributed by atoms with Gasteiger partial charge in [-0.2, -0.15) is 0 Å². The zero-order chi connectivity index (χ0) is 15.2. The molecule has 0 radical (unpaired) electrons. The third-order valence-corrected chi connectivity index (χ3v) is 5.74. The van der Waals surface area contributed by atoms with E-state index in [1.165, 1.54) is 4.90 Å². The number of anilines is 1. The number of nitrogens with zero attached hydrogens (tertiary/aromatic N) is 1. The number of aryl methyl sites for hydroxylation is 1. The molecule has 1 aliphatic carbocycles. The summed E-state index contributed by atoms with van der Waals surface area (Å²) < 4.78 is 0. The second-order valence-electron chi connectivity index (χ2n) is 5.95. The molecule has 1 aliphatic heterocycles. The smallest absolute Gasteiger partial charge is 0.346 e. The highest BCUT2D eigenvalue weighted by Gasteiger charge is 2.52. The molecule has 5 nitrogen and oxygen atoms in total. The summed E-state index contributed by atoms with van der Waals surface area (Å²) in [5.41, 5.74) is 0.0593. The molecule has 1 saturated heterocycles. The number of rotatable bonds is 2. The standard InChI is InChI=1S/C15H17NO4S/c1-9-7-11(21-12(9)13(18)19)16-10(17)8-15(14(16)20)5-3-2-4-6-15/h7H,2-6,8H2,1H3,(H,18,19). The lowest BCUT2D eigenvalue weighted by Gasteiger charge is -2.30. The molecular formula is C15H17NO4S. The molecule has 3 rings (SSSR count). The van der Waals surface area contributed by atoms with Gasteiger partial charge in [0.15, 0.2) is 0 Å². The van der Waals surface area contributed by atoms with E-state index < -0.39 is 11.4 Å². The molecule has 0 aromatic carbocycles. The van der Waals surface area contributed by atoms with Crippen LogP contribution in [0.3, 0.4) is 0 Å². The Morgan fingerprint density at radius 2 is 1.95 bits per heavy atom. The predicted octanol–water partition coefficient (Wildman–Crippen LogP) is 2.97. The van der Waals surface area contributed by atoms with Crippen molar-refractivity contribution in [1.29, 1.82) is 0 Å². The molecule has 2 amide bonds. The molecule has 112 valence electrons. The highest BCUT2D eigenvalue weighted by Crippen LogP contribution is 2.47. The number of thiophene rings is 1. The maximum Gasteiger partial charge on any atom is 0.346 e. The van der Waals surface area contributed by atoms with Crippen molar-refractivity contribution in [3.8, 4) is 0 Å². The van der Waals surface area contributed by atoms with Crippen LogP contribution in [0.1, 0.15) is 53.8 Å². The lowest BCUT2D eigenvalue weighted by molar-refractivity contribution is -0.127. The van der Waals surface area contributed by atoms with E-state index in [0.717, 1.165) is 43.4 Å². The minimum absolute atomic E-state index is 0.134. The van der Waals surface area contributed by atoms with Gasteiger partial charge in [-0.15, -0.1) is 11.3 Å².